The quantitative estimate of drug-likeness (QED) is 0.00730. The second kappa shape index (κ2) is 30.7. The van der Waals surface area contributed by atoms with E-state index in [2.05, 4.69) is 52.4 Å². The summed E-state index contributed by atoms with van der Waals surface area (Å²) in [5.41, 5.74) is 17.9. The molecule has 5 aromatic heterocycles. The molecule has 30 nitrogen and oxygen atoms in total. The van der Waals surface area contributed by atoms with Gasteiger partial charge in [0.1, 0.15) is 18.3 Å². The Morgan fingerprint density at radius 2 is 1.42 bits per heavy atom. The Bertz CT molecular complexity index is 4470. The number of carbonyl (C=O) groups excluding carboxylic acids is 2. The Balaban J connectivity index is 0.0000118. The van der Waals surface area contributed by atoms with Gasteiger partial charge in [0.15, 0.2) is 23.6 Å². The van der Waals surface area contributed by atoms with Crippen LogP contribution < -0.4 is 25.6 Å². The van der Waals surface area contributed by atoms with Gasteiger partial charge in [-0.05, 0) is 122 Å². The summed E-state index contributed by atoms with van der Waals surface area (Å²) in [6, 6.07) is 15.4. The number of carboxylic acids is 1. The third-order valence-electron chi connectivity index (χ3n) is 16.1. The number of aromatic nitrogens is 8. The molecule has 0 saturated carbocycles. The predicted molar refractivity (Wildman–Crippen MR) is 349 cm³/mol. The number of hydrogen-bond donors (Lipinski definition) is 10. The standard InChI is InChI=1S/C61H72N11O19P3S.Fe/c1-9-36-31(3)40-24-42-34(6)39(52(70-42)50(35-14-12-11-13-15-35)51-38(16-18-48(74)75)33(5)43(71-51)26-45-37(10-2)32(4)41(69-45)25-44(36)68-40)17-19-49(76)95-23-22-63-47(73)20-21-64-59(79)56(78)61(7,8)28-88-94(85,86)91-93(83,84)87-27-46-55(90-92(80,81)82)54(77)60(89-46)72-30-67-53-57(62)65-29-66-58(53)72;/h9-15,24-26,29-30,46,54-56,60,77-78H,1-2,16-23,27-28H2,3-8H3,(H11,62,63,64,65,66,68,69,70,71,73,74,75,79,80,81,82,83,84,85,86);/q;+4/p-2. The van der Waals surface area contributed by atoms with Gasteiger partial charge in [-0.2, -0.15) is 9.29 Å². The molecule has 3 aliphatic rings. The number of nitrogens with zero attached hydrogens (tertiary/aromatic N) is 7. The first kappa shape index (κ1) is 74.6. The van der Waals surface area contributed by atoms with E-state index in [1.165, 1.54) is 20.2 Å². The van der Waals surface area contributed by atoms with Crippen LogP contribution in [0.4, 0.5) is 5.82 Å². The largest absolute Gasteiger partial charge is 4.00 e. The van der Waals surface area contributed by atoms with E-state index in [-0.39, 0.29) is 83.6 Å². The zero-order valence-electron chi connectivity index (χ0n) is 52.6. The van der Waals surface area contributed by atoms with E-state index in [0.29, 0.717) is 33.9 Å². The van der Waals surface area contributed by atoms with E-state index in [1.54, 1.807) is 12.2 Å². The number of nitrogens with two attached hydrogens (primary N) is 1. The minimum atomic E-state index is -5.65. The summed E-state index contributed by atoms with van der Waals surface area (Å²) in [6.07, 6.45) is -3.53. The van der Waals surface area contributed by atoms with Crippen LogP contribution in [0.25, 0.3) is 78.8 Å². The van der Waals surface area contributed by atoms with Gasteiger partial charge in [0.05, 0.1) is 42.1 Å². The number of thioether (sulfide) groups is 1. The maximum Gasteiger partial charge on any atom is 4.00 e. The molecule has 8 bridgehead atoms. The molecule has 6 aromatic rings. The molecule has 510 valence electrons. The van der Waals surface area contributed by atoms with Gasteiger partial charge in [-0.15, -0.1) is 0 Å². The summed E-state index contributed by atoms with van der Waals surface area (Å²) in [6.45, 7) is 15.9. The fourth-order valence-corrected chi connectivity index (χ4v) is 14.5. The van der Waals surface area contributed by atoms with Crippen LogP contribution in [0.15, 0.2) is 84.3 Å². The zero-order valence-corrected chi connectivity index (χ0v) is 57.2. The van der Waals surface area contributed by atoms with Crippen LogP contribution in [-0.4, -0.2) is 144 Å². The van der Waals surface area contributed by atoms with Gasteiger partial charge in [0.2, 0.25) is 11.7 Å². The number of phosphoric ester groups is 3. The van der Waals surface area contributed by atoms with Gasteiger partial charge in [0, 0.05) is 75.4 Å². The van der Waals surface area contributed by atoms with Gasteiger partial charge >= 0.3 is 46.2 Å². The molecule has 7 atom stereocenters. The second-order valence-corrected chi connectivity index (χ2v) is 28.4. The molecule has 0 amide bonds. The number of H-pyrrole nitrogens is 3. The molecule has 96 heavy (non-hydrogen) atoms. The number of allylic oxidation sites excluding steroid dienone is 4. The van der Waals surface area contributed by atoms with Crippen molar-refractivity contribution in [2.24, 2.45) is 15.4 Å². The van der Waals surface area contributed by atoms with Crippen LogP contribution in [0.3, 0.4) is 0 Å². The van der Waals surface area contributed by atoms with Gasteiger partial charge in [0.25, 0.3) is 0 Å². The number of anilines is 1. The SMILES string of the molecule is C=Cc1c(C)c2cc3[nH]c(cc4nc(c(-c5ccccc5)c5nc(cc1[nH]2)C(C)=C5CCC(=O)[O-])C(CCC(=O)SCCN=C([O-])CCN=C([O-])C(O)C(C)(C)COP(=O)(O)OP(=O)(O)OCC1OC([n+]2c[nH]c5c(N)ncnc52)C(O)C1OP(=O)(O)O)=C4C)c(C)c3C=C.[Fe+4]. The van der Waals surface area contributed by atoms with Crippen LogP contribution in [0.2, 0.25) is 0 Å². The minimum absolute atomic E-state index is 0. The Morgan fingerprint density at radius 3 is 2.02 bits per heavy atom. The Labute approximate surface area is 564 Å². The number of aliphatic hydroxyl groups excluding tert-OH is 2. The molecule has 1 aromatic carbocycles. The molecule has 1 saturated heterocycles. The van der Waals surface area contributed by atoms with Crippen molar-refractivity contribution < 1.29 is 113 Å². The average molecular weight is 1440 g/mol. The van der Waals surface area contributed by atoms with Crippen molar-refractivity contribution in [3.05, 3.63) is 119 Å². The van der Waals surface area contributed by atoms with Gasteiger partial charge in [-0.1, -0.05) is 86.2 Å². The zero-order chi connectivity index (χ0) is 69.1. The van der Waals surface area contributed by atoms with Gasteiger partial charge < -0.3 is 80.3 Å². The van der Waals surface area contributed by atoms with Gasteiger partial charge in [-0.25, -0.2) is 28.2 Å². The molecule has 0 radical (unpaired) electrons. The van der Waals surface area contributed by atoms with Crippen molar-refractivity contribution in [3.8, 4) is 11.1 Å². The summed E-state index contributed by atoms with van der Waals surface area (Å²) in [7, 11) is -16.6. The van der Waals surface area contributed by atoms with Crippen LogP contribution in [0.5, 0.6) is 0 Å². The number of hydrogen-bond acceptors (Lipinski definition) is 23. The first-order valence-corrected chi connectivity index (χ1v) is 35.0. The Morgan fingerprint density at radius 1 is 0.833 bits per heavy atom. The molecule has 8 heterocycles. The summed E-state index contributed by atoms with van der Waals surface area (Å²) >= 11 is 0.969. The fraction of sp³-hybridized carbons (Fsp3) is 0.361. The molecule has 1 fully saturated rings. The first-order valence-electron chi connectivity index (χ1n) is 29.5. The summed E-state index contributed by atoms with van der Waals surface area (Å²) in [5.74, 6) is -2.94. The van der Waals surface area contributed by atoms with Crippen LogP contribution in [0, 0.1) is 19.3 Å². The molecular weight excluding hydrogens is 1370 g/mol. The number of rotatable bonds is 28. The molecule has 7 unspecified atom stereocenters. The van der Waals surface area contributed by atoms with Crippen molar-refractivity contribution >= 4 is 132 Å². The molecule has 3 aliphatic heterocycles. The van der Waals surface area contributed by atoms with Crippen molar-refractivity contribution in [1.29, 1.82) is 0 Å². The Hall–Kier alpha value is -7.15. The number of carbonyl (C=O) groups is 2. The molecule has 0 aliphatic carbocycles. The number of carboxylic acid groups (broad SMARTS) is 1. The maximum atomic E-state index is 13.8. The first-order chi connectivity index (χ1) is 44.8. The number of aromatic amines is 3. The Kier molecular flexibility index (Phi) is 23.9. The summed E-state index contributed by atoms with van der Waals surface area (Å²) < 4.78 is 63.3. The number of fused-ring (bicyclic) bond motifs is 9. The molecule has 0 spiro atoms. The van der Waals surface area contributed by atoms with Crippen molar-refractivity contribution in [2.45, 2.75) is 104 Å². The number of nitrogen functional groups attached to an aromatic ring is 1. The number of ether oxygens (including phenoxy) is 1. The monoisotopic (exact) mass is 1440 g/mol. The topological polar surface area (TPSA) is 476 Å². The normalized spacial score (nSPS) is 18.7. The number of imidazole rings is 1. The van der Waals surface area contributed by atoms with E-state index in [1.807, 2.05) is 76.2 Å². The maximum absolute atomic E-state index is 13.8. The number of aliphatic hydroxyl groups is 2. The van der Waals surface area contributed by atoms with E-state index in [4.69, 9.17) is 34.0 Å². The summed E-state index contributed by atoms with van der Waals surface area (Å²) in [4.78, 5) is 102. The predicted octanol–water partition coefficient (Wildman–Crippen LogP) is 5.44. The van der Waals surface area contributed by atoms with Crippen LogP contribution in [-0.2, 0) is 63.0 Å². The second-order valence-electron chi connectivity index (χ2n) is 23.0. The molecule has 9 rings (SSSR count). The third-order valence-corrected chi connectivity index (χ3v) is 20.1. The smallest absolute Gasteiger partial charge is 0.862 e. The number of phosphoric acid groups is 3. The van der Waals surface area contributed by atoms with Crippen molar-refractivity contribution in [1.82, 2.24) is 34.9 Å². The third kappa shape index (κ3) is 17.2. The number of benzene rings is 1. The minimum Gasteiger partial charge on any atom is -0.862 e. The van der Waals surface area contributed by atoms with Gasteiger partial charge in [-0.3, -0.25) is 23.3 Å². The number of aryl methyl sites for hydroxylation is 2. The average Bonchev–Trinajstić information content (AvgIpc) is 1.61. The number of aliphatic carboxylic acids is 1. The fourth-order valence-electron chi connectivity index (χ4n) is 11.0. The molecule has 35 heteroatoms. The molecular formula is C61H70FeN11O19P3S+2. The molecule has 11 N–H and O–H groups in total. The van der Waals surface area contributed by atoms with E-state index < -0.39 is 97.1 Å². The number of nitrogens with one attached hydrogen (secondary N) is 3. The van der Waals surface area contributed by atoms with Crippen LogP contribution >= 0.6 is 35.2 Å². The van der Waals surface area contributed by atoms with Crippen molar-refractivity contribution in [3.63, 3.8) is 0 Å². The number of aliphatic imine (C=N–C) groups is 2. The van der Waals surface area contributed by atoms with Crippen LogP contribution in [0.1, 0.15) is 111 Å². The van der Waals surface area contributed by atoms with Crippen molar-refractivity contribution in [2.75, 3.05) is 37.8 Å². The van der Waals surface area contributed by atoms with E-state index in [0.717, 1.165) is 89.3 Å². The summed E-state index contributed by atoms with van der Waals surface area (Å²) in [5, 5.41) is 59.6. The van der Waals surface area contributed by atoms with E-state index in [9.17, 15) is 68.4 Å². The van der Waals surface area contributed by atoms with E-state index >= 15 is 0 Å².